The van der Waals surface area contributed by atoms with Crippen LogP contribution in [0.25, 0.3) is 0 Å². The molecule has 0 spiro atoms. The minimum Gasteiger partial charge on any atom is -0.441 e. The van der Waals surface area contributed by atoms with Crippen LogP contribution in [0.4, 0.5) is 16.4 Å². The second-order valence-corrected chi connectivity index (χ2v) is 3.57. The highest BCUT2D eigenvalue weighted by Gasteiger charge is 2.29. The summed E-state index contributed by atoms with van der Waals surface area (Å²) in [6.45, 7) is -10.6. The zero-order valence-corrected chi connectivity index (χ0v) is 10.5. The van der Waals surface area contributed by atoms with E-state index in [-0.39, 0.29) is 28.7 Å². The van der Waals surface area contributed by atoms with Crippen LogP contribution in [0.3, 0.4) is 0 Å². The minimum atomic E-state index is -3.05. The minimum absolute atomic E-state index is 0. The number of halogens is 1. The molecule has 1 amide bonds. The predicted molar refractivity (Wildman–Crippen MR) is 72.9 cm³/mol. The fourth-order valence-corrected chi connectivity index (χ4v) is 1.72. The summed E-state index contributed by atoms with van der Waals surface area (Å²) in [5, 5.41) is 4.02. The molecule has 2 aliphatic rings. The van der Waals surface area contributed by atoms with E-state index >= 15 is 0 Å². The van der Waals surface area contributed by atoms with Gasteiger partial charge in [0.15, 0.2) is 0 Å². The van der Waals surface area contributed by atoms with Crippen LogP contribution in [0.1, 0.15) is 29.6 Å². The van der Waals surface area contributed by atoms with E-state index < -0.39 is 44.0 Å². The van der Waals surface area contributed by atoms with Crippen molar-refractivity contribution in [1.29, 1.82) is 0 Å². The number of anilines is 2. The average Bonchev–Trinajstić information content (AvgIpc) is 2.43. The Balaban J connectivity index is 0.00000261. The number of hydrogen-bond donors (Lipinski definition) is 2. The maximum atomic E-state index is 11.5. The Morgan fingerprint density at radius 3 is 2.95 bits per heavy atom. The molecule has 7 nitrogen and oxygen atoms in total. The van der Waals surface area contributed by atoms with Gasteiger partial charge in [0.25, 0.3) is 0 Å². The van der Waals surface area contributed by atoms with Gasteiger partial charge in [0.2, 0.25) is 0 Å². The van der Waals surface area contributed by atoms with Gasteiger partial charge in [0, 0.05) is 31.5 Å². The van der Waals surface area contributed by atoms with Crippen molar-refractivity contribution in [2.45, 2.75) is 13.0 Å². The Morgan fingerprint density at radius 1 is 1.47 bits per heavy atom. The summed E-state index contributed by atoms with van der Waals surface area (Å²) in [6, 6.07) is 0. The predicted octanol–water partition coefficient (Wildman–Crippen LogP) is 0.931. The zero-order chi connectivity index (χ0) is 19.7. The number of ether oxygens (including phenoxy) is 1. The highest BCUT2D eigenvalue weighted by molar-refractivity contribution is 5.88. The molecule has 0 saturated carbocycles. The lowest BCUT2D eigenvalue weighted by Crippen LogP contribution is -2.44. The molecule has 19 heavy (non-hydrogen) atoms. The third-order valence-electron chi connectivity index (χ3n) is 2.45. The van der Waals surface area contributed by atoms with Gasteiger partial charge in [0.05, 0.1) is 11.0 Å². The lowest BCUT2D eigenvalue weighted by atomic mass is 10.1. The number of carbonyl (C=O) groups is 1. The number of aromatic nitrogens is 2. The number of amides is 1. The number of nitrogens with one attached hydrogen (secondary N) is 2. The Kier molecular flexibility index (Phi) is 1.97. The second kappa shape index (κ2) is 5.58. The number of rotatable bonds is 1. The second-order valence-electron chi connectivity index (χ2n) is 3.57. The number of carbonyl (C=O) groups excluding carboxylic acids is 1. The first-order valence-corrected chi connectivity index (χ1v) is 5.14. The molecule has 1 aromatic rings. The third kappa shape index (κ3) is 2.57. The average molecular weight is 294 g/mol. The first-order valence-electron chi connectivity index (χ1n) is 9.14. The van der Waals surface area contributed by atoms with Crippen LogP contribution in [0.5, 0.6) is 0 Å². The first-order chi connectivity index (χ1) is 11.7. The molecule has 0 aliphatic carbocycles. The van der Waals surface area contributed by atoms with Gasteiger partial charge in [-0.3, -0.25) is 5.32 Å². The van der Waals surface area contributed by atoms with Crippen molar-refractivity contribution in [3.05, 3.63) is 11.9 Å². The Morgan fingerprint density at radius 2 is 2.21 bits per heavy atom. The van der Waals surface area contributed by atoms with Crippen LogP contribution in [0, 0.1) is 0 Å². The molecule has 1 saturated heterocycles. The molecule has 0 aromatic carbocycles. The normalized spacial score (nSPS) is 38.7. The molecule has 2 N–H and O–H groups in total. The maximum absolute atomic E-state index is 11.5. The van der Waals surface area contributed by atoms with Crippen LogP contribution >= 0.6 is 12.4 Å². The van der Waals surface area contributed by atoms with Crippen molar-refractivity contribution in [2.24, 2.45) is 0 Å². The van der Waals surface area contributed by atoms with Gasteiger partial charge in [0.1, 0.15) is 24.1 Å². The molecule has 3 rings (SSSR count). The Bertz CT molecular complexity index is 753. The van der Waals surface area contributed by atoms with Crippen LogP contribution in [0.2, 0.25) is 0 Å². The van der Waals surface area contributed by atoms with E-state index in [1.165, 1.54) is 6.92 Å². The standard InChI is InChI=1S/C11H15N5O2.ClH/c1-7-8-9(15-11(17)18-7)13-6-14-10(8)16-4-2-12-3-5-16;/h6-7,12H,2-5H2,1H3,(H,13,14,15,17);1H/t7-;/m0./s1/i2D2,3D2,4D2,5D2;. The van der Waals surface area contributed by atoms with Gasteiger partial charge in [-0.1, -0.05) is 0 Å². The van der Waals surface area contributed by atoms with Crippen molar-refractivity contribution < 1.29 is 20.5 Å². The van der Waals surface area contributed by atoms with Crippen molar-refractivity contribution in [1.82, 2.24) is 15.3 Å². The van der Waals surface area contributed by atoms with Crippen molar-refractivity contribution in [2.75, 3.05) is 36.2 Å². The van der Waals surface area contributed by atoms with Crippen molar-refractivity contribution in [3.63, 3.8) is 0 Å². The van der Waals surface area contributed by atoms with Gasteiger partial charge in [-0.25, -0.2) is 14.8 Å². The smallest absolute Gasteiger partial charge is 0.413 e. The number of cyclic esters (lactones) is 1. The number of piperazine rings is 1. The molecule has 0 unspecified atom stereocenters. The highest BCUT2D eigenvalue weighted by Crippen LogP contribution is 2.34. The summed E-state index contributed by atoms with van der Waals surface area (Å²) in [6.07, 6.45) is -0.869. The summed E-state index contributed by atoms with van der Waals surface area (Å²) in [5.41, 5.74) is 0.00773. The largest absolute Gasteiger partial charge is 0.441 e. The monoisotopic (exact) mass is 293 g/mol. The van der Waals surface area contributed by atoms with E-state index in [0.717, 1.165) is 6.33 Å². The summed E-state index contributed by atoms with van der Waals surface area (Å²) in [5.74, 6) is -0.475. The summed E-state index contributed by atoms with van der Waals surface area (Å²) >= 11 is 0. The molecule has 104 valence electrons. The fourth-order valence-electron chi connectivity index (χ4n) is 1.72. The zero-order valence-electron chi connectivity index (χ0n) is 17.7. The number of nitrogens with zero attached hydrogens (tertiary/aromatic N) is 3. The fraction of sp³-hybridized carbons (Fsp3) is 0.545. The Labute approximate surface area is 128 Å². The molecule has 0 bridgehead atoms. The van der Waals surface area contributed by atoms with Gasteiger partial charge < -0.3 is 15.0 Å². The summed E-state index contributed by atoms with van der Waals surface area (Å²) in [4.78, 5) is 19.5. The highest BCUT2D eigenvalue weighted by atomic mass is 35.5. The first kappa shape index (κ1) is 6.71. The van der Waals surface area contributed by atoms with Gasteiger partial charge >= 0.3 is 6.09 Å². The molecule has 1 fully saturated rings. The van der Waals surface area contributed by atoms with Gasteiger partial charge in [-0.2, -0.15) is 0 Å². The van der Waals surface area contributed by atoms with E-state index in [0.29, 0.717) is 0 Å². The van der Waals surface area contributed by atoms with Gasteiger partial charge in [-0.15, -0.1) is 12.4 Å². The summed E-state index contributed by atoms with van der Waals surface area (Å²) in [7, 11) is 0. The number of fused-ring (bicyclic) bond motifs is 1. The van der Waals surface area contributed by atoms with E-state index in [4.69, 9.17) is 15.7 Å². The van der Waals surface area contributed by atoms with E-state index in [1.807, 2.05) is 0 Å². The molecule has 2 aliphatic heterocycles. The topological polar surface area (TPSA) is 79.4 Å². The van der Waals surface area contributed by atoms with E-state index in [2.05, 4.69) is 15.3 Å². The van der Waals surface area contributed by atoms with E-state index in [1.54, 1.807) is 5.32 Å². The van der Waals surface area contributed by atoms with Gasteiger partial charge in [-0.05, 0) is 6.92 Å². The summed E-state index contributed by atoms with van der Waals surface area (Å²) < 4.78 is 68.9. The van der Waals surface area contributed by atoms with Crippen molar-refractivity contribution >= 4 is 30.1 Å². The van der Waals surface area contributed by atoms with Crippen LogP contribution < -0.4 is 15.5 Å². The van der Waals surface area contributed by atoms with Crippen molar-refractivity contribution in [3.8, 4) is 0 Å². The third-order valence-corrected chi connectivity index (χ3v) is 2.45. The van der Waals surface area contributed by atoms with Crippen LogP contribution in [-0.2, 0) is 4.74 Å². The SMILES string of the molecule is Cl.[2H]C1([2H])NC([2H])([2H])C([2H])([2H])N(c2ncnc3c2[C@H](C)OC(=O)N3)C1([2H])[2H]. The molecule has 0 radical (unpaired) electrons. The molecular weight excluding hydrogens is 270 g/mol. The van der Waals surface area contributed by atoms with Crippen LogP contribution in [0.15, 0.2) is 6.33 Å². The molecule has 1 atom stereocenters. The quantitative estimate of drug-likeness (QED) is 0.802. The molecular formula is C11H16ClN5O2. The van der Waals surface area contributed by atoms with Crippen LogP contribution in [-0.4, -0.2) is 42.0 Å². The molecule has 1 aromatic heterocycles. The Hall–Kier alpha value is -1.60. The maximum Gasteiger partial charge on any atom is 0.413 e. The molecule has 3 heterocycles. The lowest BCUT2D eigenvalue weighted by molar-refractivity contribution is 0.116. The lowest BCUT2D eigenvalue weighted by Gasteiger charge is -2.32. The number of hydrogen-bond acceptors (Lipinski definition) is 6. The molecule has 8 heteroatoms. The van der Waals surface area contributed by atoms with E-state index in [9.17, 15) is 4.79 Å².